The number of ether oxygens (including phenoxy) is 1. The van der Waals surface area contributed by atoms with Crippen LogP contribution in [0.5, 0.6) is 0 Å². The lowest BCUT2D eigenvalue weighted by Gasteiger charge is -2.07. The normalized spacial score (nSPS) is 10.4. The topological polar surface area (TPSA) is 126 Å². The number of rotatable bonds is 5. The van der Waals surface area contributed by atoms with Crippen LogP contribution in [0.15, 0.2) is 47.5 Å². The van der Waals surface area contributed by atoms with Gasteiger partial charge in [-0.05, 0) is 11.6 Å². The molecule has 23 heavy (non-hydrogen) atoms. The number of halogens is 1. The van der Waals surface area contributed by atoms with Gasteiger partial charge < -0.3 is 14.8 Å². The number of aromatic nitrogens is 1. The number of aromatic amines is 1. The van der Waals surface area contributed by atoms with Crippen molar-refractivity contribution >= 4 is 34.5 Å². The summed E-state index contributed by atoms with van der Waals surface area (Å²) in [7, 11) is -4.33. The fourth-order valence-corrected chi connectivity index (χ4v) is 2.71. The Morgan fingerprint density at radius 2 is 1.83 bits per heavy atom. The minimum Gasteiger partial charge on any atom is -0.477 e. The van der Waals surface area contributed by atoms with Crippen molar-refractivity contribution in [1.82, 2.24) is 9.71 Å². The predicted octanol–water partition coefficient (Wildman–Crippen LogP) is 1.75. The molecule has 1 aromatic heterocycles. The van der Waals surface area contributed by atoms with Crippen molar-refractivity contribution in [3.63, 3.8) is 0 Å². The van der Waals surface area contributed by atoms with Crippen LogP contribution in [0.4, 0.5) is 4.79 Å². The first-order valence-electron chi connectivity index (χ1n) is 6.04. The van der Waals surface area contributed by atoms with Gasteiger partial charge in [0.05, 0.1) is 0 Å². The summed E-state index contributed by atoms with van der Waals surface area (Å²) in [5.41, 5.74) is 0.145. The van der Waals surface area contributed by atoms with Crippen molar-refractivity contribution in [3.05, 3.63) is 53.9 Å². The van der Waals surface area contributed by atoms with Crippen molar-refractivity contribution < 1.29 is 27.9 Å². The molecule has 124 valence electrons. The molecule has 0 saturated heterocycles. The fraction of sp³-hybridized carbons (Fsp3) is 0.0769. The summed E-state index contributed by atoms with van der Waals surface area (Å²) in [5.74, 6) is -1.46. The van der Waals surface area contributed by atoms with E-state index in [0.29, 0.717) is 5.56 Å². The highest BCUT2D eigenvalue weighted by Gasteiger charge is 2.25. The first-order chi connectivity index (χ1) is 10.4. The Hall–Kier alpha value is -2.52. The number of sulfonamides is 1. The summed E-state index contributed by atoms with van der Waals surface area (Å²) in [6, 6.07) is 9.72. The second-order valence-corrected chi connectivity index (χ2v) is 5.84. The molecule has 0 bridgehead atoms. The molecule has 10 heteroatoms. The zero-order chi connectivity index (χ0) is 16.2. The number of carboxylic acid groups (broad SMARTS) is 1. The number of hydrogen-bond acceptors (Lipinski definition) is 5. The fourth-order valence-electron chi connectivity index (χ4n) is 1.66. The van der Waals surface area contributed by atoms with Gasteiger partial charge >= 0.3 is 12.1 Å². The van der Waals surface area contributed by atoms with E-state index in [2.05, 4.69) is 4.98 Å². The molecule has 0 aliphatic carbocycles. The Morgan fingerprint density at radius 1 is 1.17 bits per heavy atom. The number of H-pyrrole nitrogens is 1. The first kappa shape index (κ1) is 18.5. The zero-order valence-corrected chi connectivity index (χ0v) is 13.2. The SMILES string of the molecule is Cl.O=C(NS(=O)(=O)c1cc[nH]c1C(=O)O)OCc1ccccc1. The van der Waals surface area contributed by atoms with Gasteiger partial charge in [-0.15, -0.1) is 12.4 Å². The summed E-state index contributed by atoms with van der Waals surface area (Å²) in [6.07, 6.45) is -0.0470. The molecular weight excluding hydrogens is 348 g/mol. The summed E-state index contributed by atoms with van der Waals surface area (Å²) >= 11 is 0. The minimum atomic E-state index is -4.33. The standard InChI is InChI=1S/C13H12N2O6S.ClH/c16-12(17)11-10(6-7-14-11)22(19,20)15-13(18)21-8-9-4-2-1-3-5-9;/h1-7,14H,8H2,(H,15,18)(H,16,17);1H. The van der Waals surface area contributed by atoms with Crippen LogP contribution < -0.4 is 4.72 Å². The van der Waals surface area contributed by atoms with Gasteiger partial charge in [-0.1, -0.05) is 30.3 Å². The van der Waals surface area contributed by atoms with Crippen molar-refractivity contribution in [2.45, 2.75) is 11.5 Å². The molecule has 1 heterocycles. The first-order valence-corrected chi connectivity index (χ1v) is 7.52. The van der Waals surface area contributed by atoms with Crippen LogP contribution >= 0.6 is 12.4 Å². The van der Waals surface area contributed by atoms with Crippen molar-refractivity contribution in [2.75, 3.05) is 0 Å². The number of carboxylic acids is 1. The molecule has 8 nitrogen and oxygen atoms in total. The summed E-state index contributed by atoms with van der Waals surface area (Å²) in [5, 5.41) is 8.86. The molecule has 0 aliphatic heterocycles. The van der Waals surface area contributed by atoms with E-state index < -0.39 is 32.7 Å². The number of carbonyl (C=O) groups excluding carboxylic acids is 1. The number of aromatic carboxylic acids is 1. The van der Waals surface area contributed by atoms with Crippen molar-refractivity contribution in [1.29, 1.82) is 0 Å². The maximum absolute atomic E-state index is 11.9. The monoisotopic (exact) mass is 360 g/mol. The summed E-state index contributed by atoms with van der Waals surface area (Å²) in [4.78, 5) is 24.2. The smallest absolute Gasteiger partial charge is 0.421 e. The average Bonchev–Trinajstić information content (AvgIpc) is 2.96. The van der Waals surface area contributed by atoms with Gasteiger partial charge in [0.25, 0.3) is 10.0 Å². The van der Waals surface area contributed by atoms with E-state index >= 15 is 0 Å². The molecular formula is C13H13ClN2O6S. The van der Waals surface area contributed by atoms with E-state index in [1.54, 1.807) is 35.1 Å². The second kappa shape index (κ2) is 7.65. The van der Waals surface area contributed by atoms with Crippen LogP contribution in [0.25, 0.3) is 0 Å². The molecule has 2 aromatic rings. The third kappa shape index (κ3) is 4.73. The van der Waals surface area contributed by atoms with Gasteiger partial charge in [0.1, 0.15) is 17.2 Å². The Balaban J connectivity index is 0.00000264. The van der Waals surface area contributed by atoms with Crippen LogP contribution in [0.1, 0.15) is 16.1 Å². The van der Waals surface area contributed by atoms with Gasteiger partial charge in [-0.3, -0.25) is 0 Å². The Morgan fingerprint density at radius 3 is 2.43 bits per heavy atom. The average molecular weight is 361 g/mol. The molecule has 0 spiro atoms. The van der Waals surface area contributed by atoms with Gasteiger partial charge in [-0.2, -0.15) is 0 Å². The quantitative estimate of drug-likeness (QED) is 0.745. The van der Waals surface area contributed by atoms with E-state index in [1.807, 2.05) is 0 Å². The Bertz CT molecular complexity index is 788. The zero-order valence-electron chi connectivity index (χ0n) is 11.6. The van der Waals surface area contributed by atoms with Crippen LogP contribution in [0.2, 0.25) is 0 Å². The maximum Gasteiger partial charge on any atom is 0.421 e. The summed E-state index contributed by atoms with van der Waals surface area (Å²) < 4.78 is 30.3. The molecule has 1 amide bonds. The largest absolute Gasteiger partial charge is 0.477 e. The molecule has 0 aliphatic rings. The van der Waals surface area contributed by atoms with Crippen molar-refractivity contribution in [2.24, 2.45) is 0 Å². The van der Waals surface area contributed by atoms with Crippen LogP contribution in [-0.4, -0.2) is 30.6 Å². The Labute approximate surface area is 137 Å². The van der Waals surface area contributed by atoms with Crippen LogP contribution in [-0.2, 0) is 21.4 Å². The third-order valence-electron chi connectivity index (χ3n) is 2.64. The summed E-state index contributed by atoms with van der Waals surface area (Å²) in [6.45, 7) is -0.110. The predicted molar refractivity (Wildman–Crippen MR) is 81.9 cm³/mol. The highest BCUT2D eigenvalue weighted by molar-refractivity contribution is 7.90. The lowest BCUT2D eigenvalue weighted by Crippen LogP contribution is -2.31. The van der Waals surface area contributed by atoms with Crippen LogP contribution in [0, 0.1) is 0 Å². The number of nitrogens with one attached hydrogen (secondary N) is 2. The molecule has 0 atom stereocenters. The van der Waals surface area contributed by atoms with E-state index in [0.717, 1.165) is 12.3 Å². The van der Waals surface area contributed by atoms with E-state index in [-0.39, 0.29) is 19.0 Å². The minimum absolute atomic E-state index is 0. The second-order valence-electron chi connectivity index (χ2n) is 4.19. The number of carbonyl (C=O) groups is 2. The molecule has 2 rings (SSSR count). The maximum atomic E-state index is 11.9. The lowest BCUT2D eigenvalue weighted by atomic mass is 10.2. The van der Waals surface area contributed by atoms with E-state index in [9.17, 15) is 18.0 Å². The molecule has 3 N–H and O–H groups in total. The highest BCUT2D eigenvalue weighted by atomic mass is 35.5. The van der Waals surface area contributed by atoms with Gasteiger partial charge in [0.15, 0.2) is 0 Å². The van der Waals surface area contributed by atoms with Gasteiger partial charge in [-0.25, -0.2) is 22.7 Å². The Kier molecular flexibility index (Phi) is 6.17. The molecule has 0 fully saturated rings. The van der Waals surface area contributed by atoms with Crippen LogP contribution in [0.3, 0.4) is 0 Å². The van der Waals surface area contributed by atoms with Crippen molar-refractivity contribution in [3.8, 4) is 0 Å². The number of benzene rings is 1. The molecule has 0 saturated carbocycles. The van der Waals surface area contributed by atoms with Gasteiger partial charge in [0.2, 0.25) is 0 Å². The van der Waals surface area contributed by atoms with E-state index in [4.69, 9.17) is 9.84 Å². The third-order valence-corrected chi connectivity index (χ3v) is 4.00. The highest BCUT2D eigenvalue weighted by Crippen LogP contribution is 2.14. The lowest BCUT2D eigenvalue weighted by molar-refractivity contribution is 0.0686. The molecule has 1 aromatic carbocycles. The molecule has 0 radical (unpaired) electrons. The molecule has 0 unspecified atom stereocenters. The number of amides is 1. The van der Waals surface area contributed by atoms with Gasteiger partial charge in [0, 0.05) is 6.20 Å². The van der Waals surface area contributed by atoms with E-state index in [1.165, 1.54) is 0 Å². The number of hydrogen-bond donors (Lipinski definition) is 3.